The van der Waals surface area contributed by atoms with Crippen LogP contribution < -0.4 is 10.1 Å². The van der Waals surface area contributed by atoms with Crippen molar-refractivity contribution in [2.24, 2.45) is 5.92 Å². The Labute approximate surface area is 246 Å². The quantitative estimate of drug-likeness (QED) is 0.203. The van der Waals surface area contributed by atoms with Gasteiger partial charge in [0.2, 0.25) is 5.91 Å². The number of nitrogens with one attached hydrogen (secondary N) is 3. The van der Waals surface area contributed by atoms with Gasteiger partial charge in [-0.15, -0.1) is 0 Å². The number of nitrogens with zero attached hydrogens (tertiary/aromatic N) is 5. The molecular formula is C32H29FN8O2. The molecule has 0 bridgehead atoms. The second-order valence-corrected chi connectivity index (χ2v) is 11.0. The number of imidazole rings is 1. The second kappa shape index (κ2) is 10.9. The van der Waals surface area contributed by atoms with Crippen LogP contribution in [0.3, 0.4) is 0 Å². The molecule has 1 saturated carbocycles. The van der Waals surface area contributed by atoms with Crippen LogP contribution >= 0.6 is 0 Å². The van der Waals surface area contributed by atoms with E-state index in [1.54, 1.807) is 12.4 Å². The summed E-state index contributed by atoms with van der Waals surface area (Å²) in [5, 5.41) is 10.5. The number of likely N-dealkylation sites (N-methyl/N-ethyl adjacent to an activating group) is 1. The number of benzene rings is 2. The topological polar surface area (TPSA) is 125 Å². The van der Waals surface area contributed by atoms with Crippen molar-refractivity contribution in [1.82, 2.24) is 35.0 Å². The summed E-state index contributed by atoms with van der Waals surface area (Å²) in [6.07, 6.45) is 5.21. The van der Waals surface area contributed by atoms with Crippen LogP contribution in [-0.2, 0) is 4.79 Å². The molecule has 11 heteroatoms. The highest BCUT2D eigenvalue weighted by molar-refractivity contribution is 5.97. The second-order valence-electron chi connectivity index (χ2n) is 11.0. The number of aromatic amines is 2. The molecule has 6 aromatic rings. The Morgan fingerprint density at radius 2 is 1.91 bits per heavy atom. The summed E-state index contributed by atoms with van der Waals surface area (Å²) in [6.45, 7) is 1.17. The normalized spacial score (nSPS) is 13.2. The molecule has 3 N–H and O–H groups in total. The Morgan fingerprint density at radius 1 is 1.02 bits per heavy atom. The number of carbonyl (C=O) groups is 1. The number of H-pyrrole nitrogens is 2. The monoisotopic (exact) mass is 576 g/mol. The number of rotatable bonds is 9. The SMILES string of the molecule is CN(C)CCOc1cc(F)cc(-c2cccc3[nH]c(-c4n[nH]c5ccc(-c6cncc(NC(=O)C7CC7)c6)nc45)nc23)c1. The van der Waals surface area contributed by atoms with Gasteiger partial charge < -0.3 is 19.9 Å². The first kappa shape index (κ1) is 26.7. The highest BCUT2D eigenvalue weighted by Gasteiger charge is 2.29. The zero-order valence-electron chi connectivity index (χ0n) is 23.7. The van der Waals surface area contributed by atoms with Crippen LogP contribution in [0.25, 0.3) is 56.0 Å². The molecule has 4 aromatic heterocycles. The number of ether oxygens (including phenoxy) is 1. The van der Waals surface area contributed by atoms with Gasteiger partial charge in [0.1, 0.15) is 23.7 Å². The lowest BCUT2D eigenvalue weighted by molar-refractivity contribution is -0.117. The zero-order chi connectivity index (χ0) is 29.5. The summed E-state index contributed by atoms with van der Waals surface area (Å²) in [6, 6.07) is 16.1. The molecule has 0 unspecified atom stereocenters. The first-order chi connectivity index (χ1) is 20.9. The van der Waals surface area contributed by atoms with Crippen molar-refractivity contribution in [3.63, 3.8) is 0 Å². The number of fused-ring (bicyclic) bond motifs is 2. The van der Waals surface area contributed by atoms with Crippen molar-refractivity contribution in [3.8, 4) is 39.7 Å². The fourth-order valence-electron chi connectivity index (χ4n) is 4.99. The van der Waals surface area contributed by atoms with Gasteiger partial charge in [-0.2, -0.15) is 5.10 Å². The van der Waals surface area contributed by atoms with Crippen molar-refractivity contribution in [3.05, 3.63) is 72.8 Å². The van der Waals surface area contributed by atoms with Crippen molar-refractivity contribution in [2.45, 2.75) is 12.8 Å². The van der Waals surface area contributed by atoms with Crippen LogP contribution in [0.5, 0.6) is 5.75 Å². The third-order valence-corrected chi connectivity index (χ3v) is 7.38. The first-order valence-electron chi connectivity index (χ1n) is 14.1. The van der Waals surface area contributed by atoms with E-state index in [1.165, 1.54) is 12.1 Å². The minimum Gasteiger partial charge on any atom is -0.492 e. The van der Waals surface area contributed by atoms with E-state index in [0.29, 0.717) is 51.9 Å². The summed E-state index contributed by atoms with van der Waals surface area (Å²) in [5.74, 6) is 0.729. The number of amides is 1. The maximum absolute atomic E-state index is 14.6. The van der Waals surface area contributed by atoms with Crippen molar-refractivity contribution in [2.75, 3.05) is 32.6 Å². The molecule has 0 atom stereocenters. The van der Waals surface area contributed by atoms with E-state index in [9.17, 15) is 9.18 Å². The van der Waals surface area contributed by atoms with Crippen molar-refractivity contribution < 1.29 is 13.9 Å². The van der Waals surface area contributed by atoms with Crippen LogP contribution in [0.1, 0.15) is 12.8 Å². The molecule has 0 radical (unpaired) electrons. The van der Waals surface area contributed by atoms with E-state index in [2.05, 4.69) is 25.5 Å². The largest absolute Gasteiger partial charge is 0.492 e. The minimum absolute atomic E-state index is 0.0232. The highest BCUT2D eigenvalue weighted by Crippen LogP contribution is 2.34. The summed E-state index contributed by atoms with van der Waals surface area (Å²) < 4.78 is 20.5. The van der Waals surface area contributed by atoms with E-state index in [1.807, 2.05) is 61.5 Å². The number of para-hydroxylation sites is 1. The highest BCUT2D eigenvalue weighted by atomic mass is 19.1. The van der Waals surface area contributed by atoms with E-state index >= 15 is 0 Å². The number of hydrogen-bond acceptors (Lipinski definition) is 7. The van der Waals surface area contributed by atoms with Gasteiger partial charge >= 0.3 is 0 Å². The number of halogens is 1. The van der Waals surface area contributed by atoms with Crippen LogP contribution in [0, 0.1) is 11.7 Å². The molecule has 216 valence electrons. The molecule has 7 rings (SSSR count). The maximum atomic E-state index is 14.6. The average molecular weight is 577 g/mol. The molecule has 1 amide bonds. The van der Waals surface area contributed by atoms with Crippen molar-refractivity contribution >= 4 is 33.7 Å². The van der Waals surface area contributed by atoms with E-state index in [0.717, 1.165) is 41.5 Å². The Kier molecular flexibility index (Phi) is 6.78. The number of carbonyl (C=O) groups excluding carboxylic acids is 1. The smallest absolute Gasteiger partial charge is 0.227 e. The van der Waals surface area contributed by atoms with E-state index in [-0.39, 0.29) is 17.6 Å². The summed E-state index contributed by atoms with van der Waals surface area (Å²) in [5.41, 5.74) is 6.91. The fourth-order valence-corrected chi connectivity index (χ4v) is 4.99. The van der Waals surface area contributed by atoms with Gasteiger partial charge in [0.15, 0.2) is 11.5 Å². The van der Waals surface area contributed by atoms with Crippen LogP contribution in [0.4, 0.5) is 10.1 Å². The predicted molar refractivity (Wildman–Crippen MR) is 163 cm³/mol. The molecule has 4 heterocycles. The molecule has 43 heavy (non-hydrogen) atoms. The van der Waals surface area contributed by atoms with Gasteiger partial charge in [-0.25, -0.2) is 14.4 Å². The molecule has 1 aliphatic carbocycles. The van der Waals surface area contributed by atoms with E-state index in [4.69, 9.17) is 14.7 Å². The lowest BCUT2D eigenvalue weighted by Gasteiger charge is -2.12. The fraction of sp³-hybridized carbons (Fsp3) is 0.219. The summed E-state index contributed by atoms with van der Waals surface area (Å²) >= 11 is 0. The van der Waals surface area contributed by atoms with Crippen LogP contribution in [0.15, 0.2) is 67.0 Å². The third kappa shape index (κ3) is 5.54. The standard InChI is InChI=1S/C32H29FN8O2/c1-41(2)10-11-43-23-14-19(12-21(33)15-23)24-4-3-5-26-28(24)38-31(37-26)30-29-27(39-40-30)9-8-25(36-29)20-13-22(17-34-16-20)35-32(42)18-6-7-18/h3-5,8-9,12-18H,6-7,10-11H2,1-2H3,(H,35,42)(H,37,38)(H,39,40). The summed E-state index contributed by atoms with van der Waals surface area (Å²) in [7, 11) is 3.92. The third-order valence-electron chi connectivity index (χ3n) is 7.38. The number of anilines is 1. The first-order valence-corrected chi connectivity index (χ1v) is 14.1. The van der Waals surface area contributed by atoms with Gasteiger partial charge in [0, 0.05) is 35.9 Å². The van der Waals surface area contributed by atoms with Gasteiger partial charge in [-0.3, -0.25) is 14.9 Å². The Bertz CT molecular complexity index is 1980. The Balaban J connectivity index is 1.23. The summed E-state index contributed by atoms with van der Waals surface area (Å²) in [4.78, 5) is 31.7. The molecule has 0 saturated heterocycles. The molecule has 10 nitrogen and oxygen atoms in total. The maximum Gasteiger partial charge on any atom is 0.227 e. The predicted octanol–water partition coefficient (Wildman–Crippen LogP) is 5.66. The van der Waals surface area contributed by atoms with Gasteiger partial charge in [-0.05, 0) is 68.9 Å². The molecule has 0 aliphatic heterocycles. The average Bonchev–Trinajstić information content (AvgIpc) is 3.62. The lowest BCUT2D eigenvalue weighted by Crippen LogP contribution is -2.19. The van der Waals surface area contributed by atoms with Gasteiger partial charge in [0.25, 0.3) is 0 Å². The lowest BCUT2D eigenvalue weighted by atomic mass is 10.0. The minimum atomic E-state index is -0.384. The Morgan fingerprint density at radius 3 is 2.74 bits per heavy atom. The molecule has 0 spiro atoms. The number of aromatic nitrogens is 6. The molecule has 2 aromatic carbocycles. The molecular weight excluding hydrogens is 547 g/mol. The van der Waals surface area contributed by atoms with Crippen molar-refractivity contribution in [1.29, 1.82) is 0 Å². The molecule has 1 aliphatic rings. The van der Waals surface area contributed by atoms with Crippen LogP contribution in [-0.4, -0.2) is 68.2 Å². The number of pyridine rings is 2. The van der Waals surface area contributed by atoms with Crippen LogP contribution in [0.2, 0.25) is 0 Å². The Hall–Kier alpha value is -5.16. The van der Waals surface area contributed by atoms with Gasteiger partial charge in [0.05, 0.1) is 34.1 Å². The van der Waals surface area contributed by atoms with E-state index < -0.39 is 0 Å². The van der Waals surface area contributed by atoms with Gasteiger partial charge in [-0.1, -0.05) is 12.1 Å². The zero-order valence-corrected chi connectivity index (χ0v) is 23.7. The molecule has 1 fully saturated rings. The number of hydrogen-bond donors (Lipinski definition) is 3.